The number of nitriles is 1. The zero-order valence-electron chi connectivity index (χ0n) is 14.7. The molecule has 0 saturated heterocycles. The lowest BCUT2D eigenvalue weighted by Gasteiger charge is -2.36. The predicted octanol–water partition coefficient (Wildman–Crippen LogP) is 5.66. The number of fused-ring (bicyclic) bond motifs is 1. The van der Waals surface area contributed by atoms with E-state index in [0.29, 0.717) is 27.1 Å². The minimum atomic E-state index is 0.174. The van der Waals surface area contributed by atoms with Crippen molar-refractivity contribution in [1.29, 1.82) is 5.26 Å². The number of aryl methyl sites for hydroxylation is 1. The molecular weight excluding hydrogens is 353 g/mol. The van der Waals surface area contributed by atoms with Crippen LogP contribution in [0.2, 0.25) is 10.0 Å². The van der Waals surface area contributed by atoms with Crippen molar-refractivity contribution in [3.63, 3.8) is 0 Å². The van der Waals surface area contributed by atoms with Crippen molar-refractivity contribution in [3.8, 4) is 17.2 Å². The fraction of sp³-hybridized carbons (Fsp3) is 0.400. The van der Waals surface area contributed by atoms with Gasteiger partial charge in [0.25, 0.3) is 0 Å². The molecule has 2 N–H and O–H groups in total. The predicted molar refractivity (Wildman–Crippen MR) is 104 cm³/mol. The summed E-state index contributed by atoms with van der Waals surface area (Å²) in [6.45, 7) is 6.75. The topological polar surface area (TPSA) is 62.7 Å². The van der Waals surface area contributed by atoms with Crippen LogP contribution in [-0.4, -0.2) is 4.98 Å². The Morgan fingerprint density at radius 2 is 1.84 bits per heavy atom. The average molecular weight is 374 g/mol. The van der Waals surface area contributed by atoms with Gasteiger partial charge in [-0.05, 0) is 48.3 Å². The summed E-state index contributed by atoms with van der Waals surface area (Å²) in [5.74, 6) is 0.749. The van der Waals surface area contributed by atoms with E-state index in [-0.39, 0.29) is 11.2 Å². The van der Waals surface area contributed by atoms with E-state index in [1.807, 2.05) is 0 Å². The second-order valence-corrected chi connectivity index (χ2v) is 8.50. The first-order chi connectivity index (χ1) is 11.7. The van der Waals surface area contributed by atoms with Crippen LogP contribution in [0.3, 0.4) is 0 Å². The van der Waals surface area contributed by atoms with Gasteiger partial charge in [0.1, 0.15) is 17.5 Å². The van der Waals surface area contributed by atoms with Crippen molar-refractivity contribution in [2.75, 3.05) is 5.73 Å². The zero-order valence-corrected chi connectivity index (χ0v) is 16.2. The third-order valence-electron chi connectivity index (χ3n) is 5.14. The zero-order chi connectivity index (χ0) is 18.4. The van der Waals surface area contributed by atoms with Gasteiger partial charge in [0.05, 0.1) is 0 Å². The summed E-state index contributed by atoms with van der Waals surface area (Å²) in [5, 5.41) is 10.8. The highest BCUT2D eigenvalue weighted by atomic mass is 35.5. The molecular formula is C20H21Cl2N3. The van der Waals surface area contributed by atoms with Crippen LogP contribution in [-0.2, 0) is 12.8 Å². The fourth-order valence-electron chi connectivity index (χ4n) is 3.64. The van der Waals surface area contributed by atoms with Gasteiger partial charge in [0, 0.05) is 26.9 Å². The second kappa shape index (κ2) is 6.52. The molecule has 1 aliphatic carbocycles. The number of nitrogens with two attached hydrogens (primary N) is 1. The Kier molecular flexibility index (Phi) is 4.70. The van der Waals surface area contributed by atoms with Gasteiger partial charge in [-0.1, -0.05) is 50.0 Å². The van der Waals surface area contributed by atoms with E-state index < -0.39 is 0 Å². The van der Waals surface area contributed by atoms with Crippen LogP contribution in [0.1, 0.15) is 44.0 Å². The number of halogens is 2. The summed E-state index contributed by atoms with van der Waals surface area (Å²) in [6, 6.07) is 7.59. The Labute approximate surface area is 158 Å². The maximum atomic E-state index is 9.71. The third-order valence-corrected chi connectivity index (χ3v) is 5.77. The van der Waals surface area contributed by atoms with Gasteiger partial charge in [0.15, 0.2) is 0 Å². The summed E-state index contributed by atoms with van der Waals surface area (Å²) in [4.78, 5) is 4.52. The molecule has 0 bridgehead atoms. The smallest absolute Gasteiger partial charge is 0.142 e. The molecule has 1 unspecified atom stereocenters. The normalized spacial score (nSPS) is 17.0. The number of pyridine rings is 1. The SMILES string of the molecule is CC(C)(C)C1CCc2nc(N)c(C#N)c(-c3c(Cl)cccc3Cl)c2C1. The third kappa shape index (κ3) is 3.21. The molecule has 25 heavy (non-hydrogen) atoms. The second-order valence-electron chi connectivity index (χ2n) is 7.69. The highest BCUT2D eigenvalue weighted by molar-refractivity contribution is 6.39. The molecule has 3 rings (SSSR count). The molecule has 1 atom stereocenters. The van der Waals surface area contributed by atoms with E-state index in [1.54, 1.807) is 18.2 Å². The van der Waals surface area contributed by atoms with E-state index in [0.717, 1.165) is 36.1 Å². The first-order valence-corrected chi connectivity index (χ1v) is 9.15. The Bertz CT molecular complexity index is 856. The highest BCUT2D eigenvalue weighted by Gasteiger charge is 2.33. The van der Waals surface area contributed by atoms with Crippen LogP contribution in [0.15, 0.2) is 18.2 Å². The first kappa shape index (κ1) is 18.0. The number of hydrogen-bond acceptors (Lipinski definition) is 3. The standard InChI is InChI=1S/C20H21Cl2N3/c1-20(2,3)11-7-8-16-12(9-11)17(13(10-23)19(24)25-16)18-14(21)5-4-6-15(18)22/h4-6,11H,7-9H2,1-3H3,(H2,24,25). The molecule has 1 aliphatic rings. The largest absolute Gasteiger partial charge is 0.383 e. The lowest BCUT2D eigenvalue weighted by atomic mass is 9.70. The number of nitrogen functional groups attached to an aromatic ring is 1. The van der Waals surface area contributed by atoms with Crippen molar-refractivity contribution in [1.82, 2.24) is 4.98 Å². The molecule has 0 radical (unpaired) electrons. The number of rotatable bonds is 1. The minimum absolute atomic E-state index is 0.174. The molecule has 0 saturated carbocycles. The number of benzene rings is 1. The van der Waals surface area contributed by atoms with Crippen LogP contribution in [0.4, 0.5) is 5.82 Å². The molecule has 0 fully saturated rings. The Morgan fingerprint density at radius 1 is 1.20 bits per heavy atom. The minimum Gasteiger partial charge on any atom is -0.383 e. The number of aromatic nitrogens is 1. The van der Waals surface area contributed by atoms with E-state index in [2.05, 4.69) is 31.8 Å². The van der Waals surface area contributed by atoms with Gasteiger partial charge in [-0.2, -0.15) is 5.26 Å². The summed E-state index contributed by atoms with van der Waals surface area (Å²) in [6.07, 6.45) is 2.75. The van der Waals surface area contributed by atoms with Gasteiger partial charge in [-0.15, -0.1) is 0 Å². The molecule has 0 amide bonds. The van der Waals surface area contributed by atoms with Crippen LogP contribution < -0.4 is 5.73 Å². The Balaban J connectivity index is 2.31. The summed E-state index contributed by atoms with van der Waals surface area (Å²) in [7, 11) is 0. The van der Waals surface area contributed by atoms with Crippen molar-refractivity contribution >= 4 is 29.0 Å². The molecule has 5 heteroatoms. The van der Waals surface area contributed by atoms with Crippen LogP contribution >= 0.6 is 23.2 Å². The molecule has 3 nitrogen and oxygen atoms in total. The first-order valence-electron chi connectivity index (χ1n) is 8.39. The number of nitrogens with zero attached hydrogens (tertiary/aromatic N) is 2. The van der Waals surface area contributed by atoms with Gasteiger partial charge in [0.2, 0.25) is 0 Å². The van der Waals surface area contributed by atoms with Crippen LogP contribution in [0.25, 0.3) is 11.1 Å². The monoisotopic (exact) mass is 373 g/mol. The lowest BCUT2D eigenvalue weighted by molar-refractivity contribution is 0.215. The van der Waals surface area contributed by atoms with Crippen LogP contribution in [0.5, 0.6) is 0 Å². The lowest BCUT2D eigenvalue weighted by Crippen LogP contribution is -2.28. The molecule has 0 spiro atoms. The number of hydrogen-bond donors (Lipinski definition) is 1. The summed E-state index contributed by atoms with van der Waals surface area (Å²) < 4.78 is 0. The quantitative estimate of drug-likeness (QED) is 0.700. The van der Waals surface area contributed by atoms with E-state index in [9.17, 15) is 5.26 Å². The highest BCUT2D eigenvalue weighted by Crippen LogP contribution is 2.45. The maximum Gasteiger partial charge on any atom is 0.142 e. The number of anilines is 1. The van der Waals surface area contributed by atoms with Crippen molar-refractivity contribution in [2.45, 2.75) is 40.0 Å². The Morgan fingerprint density at radius 3 is 2.40 bits per heavy atom. The van der Waals surface area contributed by atoms with Crippen LogP contribution in [0, 0.1) is 22.7 Å². The van der Waals surface area contributed by atoms with E-state index in [1.165, 1.54) is 0 Å². The van der Waals surface area contributed by atoms with Gasteiger partial charge in [-0.25, -0.2) is 4.98 Å². The van der Waals surface area contributed by atoms with Gasteiger partial charge in [-0.3, -0.25) is 0 Å². The van der Waals surface area contributed by atoms with Crippen molar-refractivity contribution in [3.05, 3.63) is 45.1 Å². The van der Waals surface area contributed by atoms with Crippen molar-refractivity contribution in [2.24, 2.45) is 11.3 Å². The van der Waals surface area contributed by atoms with Gasteiger partial charge < -0.3 is 5.73 Å². The summed E-state index contributed by atoms with van der Waals surface area (Å²) >= 11 is 12.9. The molecule has 1 heterocycles. The molecule has 1 aromatic heterocycles. The Hall–Kier alpha value is -1.76. The molecule has 130 valence electrons. The van der Waals surface area contributed by atoms with Gasteiger partial charge >= 0.3 is 0 Å². The molecule has 0 aliphatic heterocycles. The van der Waals surface area contributed by atoms with E-state index in [4.69, 9.17) is 28.9 Å². The molecule has 1 aromatic carbocycles. The maximum absolute atomic E-state index is 9.71. The fourth-order valence-corrected chi connectivity index (χ4v) is 4.23. The van der Waals surface area contributed by atoms with E-state index >= 15 is 0 Å². The summed E-state index contributed by atoms with van der Waals surface area (Å²) in [5.41, 5.74) is 10.1. The average Bonchev–Trinajstić information content (AvgIpc) is 2.53. The molecule has 2 aromatic rings. The van der Waals surface area contributed by atoms with Crippen molar-refractivity contribution < 1.29 is 0 Å².